The zero-order valence-electron chi connectivity index (χ0n) is 10.3. The Morgan fingerprint density at radius 3 is 2.53 bits per heavy atom. The van der Waals surface area contributed by atoms with Crippen molar-refractivity contribution in [2.45, 2.75) is 26.7 Å². The minimum absolute atomic E-state index is 0.250. The molecule has 0 radical (unpaired) electrons. The van der Waals surface area contributed by atoms with Crippen LogP contribution in [0.15, 0.2) is 24.3 Å². The van der Waals surface area contributed by atoms with Gasteiger partial charge in [0.05, 0.1) is 11.0 Å². The van der Waals surface area contributed by atoms with Crippen LogP contribution in [0, 0.1) is 5.41 Å². The highest BCUT2D eigenvalue weighted by molar-refractivity contribution is 5.83. The highest BCUT2D eigenvalue weighted by Crippen LogP contribution is 2.33. The van der Waals surface area contributed by atoms with Crippen LogP contribution in [0.3, 0.4) is 0 Å². The lowest BCUT2D eigenvalue weighted by Gasteiger charge is -2.25. The Morgan fingerprint density at radius 1 is 1.35 bits per heavy atom. The number of benzene rings is 1. The summed E-state index contributed by atoms with van der Waals surface area (Å²) in [6, 6.07) is 7.70. The first-order valence-corrected chi connectivity index (χ1v) is 5.63. The molecular weight excluding hydrogens is 214 g/mol. The van der Waals surface area contributed by atoms with Crippen LogP contribution in [-0.4, -0.2) is 15.9 Å². The largest absolute Gasteiger partial charge is 0.369 e. The third-order valence-electron chi connectivity index (χ3n) is 2.83. The number of nitrogens with two attached hydrogens (primary N) is 1. The van der Waals surface area contributed by atoms with Gasteiger partial charge in [-0.2, -0.15) is 0 Å². The van der Waals surface area contributed by atoms with Crippen LogP contribution in [0.25, 0.3) is 11.0 Å². The third kappa shape index (κ3) is 2.16. The predicted octanol–water partition coefficient (Wildman–Crippen LogP) is 2.18. The Bertz CT molecular complexity index is 518. The maximum Gasteiger partial charge on any atom is 0.228 e. The van der Waals surface area contributed by atoms with E-state index in [2.05, 4.69) is 9.97 Å². The summed E-state index contributed by atoms with van der Waals surface area (Å²) in [5, 5.41) is 0. The molecule has 0 fully saturated rings. The SMILES string of the molecule is CC(C)(C)C(C(N)=O)c1nc2ccccc2[nH]1. The van der Waals surface area contributed by atoms with E-state index in [0.29, 0.717) is 5.82 Å². The molecule has 0 saturated heterocycles. The molecule has 1 aromatic heterocycles. The maximum absolute atomic E-state index is 11.6. The quantitative estimate of drug-likeness (QED) is 0.831. The normalized spacial score (nSPS) is 13.8. The van der Waals surface area contributed by atoms with Gasteiger partial charge in [-0.25, -0.2) is 4.98 Å². The fraction of sp³-hybridized carbons (Fsp3) is 0.385. The van der Waals surface area contributed by atoms with Gasteiger partial charge in [-0.05, 0) is 17.5 Å². The molecule has 0 aliphatic rings. The molecule has 0 bridgehead atoms. The standard InChI is InChI=1S/C13H17N3O/c1-13(2,3)10(11(14)17)12-15-8-6-4-5-7-9(8)16-12/h4-7,10H,1-3H3,(H2,14,17)(H,15,16). The van der Waals surface area contributed by atoms with E-state index >= 15 is 0 Å². The Morgan fingerprint density at radius 2 is 2.00 bits per heavy atom. The summed E-state index contributed by atoms with van der Waals surface area (Å²) in [7, 11) is 0. The second-order valence-electron chi connectivity index (χ2n) is 5.34. The Kier molecular flexibility index (Phi) is 2.65. The van der Waals surface area contributed by atoms with Gasteiger partial charge in [0.25, 0.3) is 0 Å². The average molecular weight is 231 g/mol. The van der Waals surface area contributed by atoms with Crippen LogP contribution < -0.4 is 5.73 Å². The molecule has 2 aromatic rings. The molecule has 1 amide bonds. The summed E-state index contributed by atoms with van der Waals surface area (Å²) < 4.78 is 0. The lowest BCUT2D eigenvalue weighted by Crippen LogP contribution is -2.32. The molecule has 4 heteroatoms. The molecule has 1 aromatic carbocycles. The van der Waals surface area contributed by atoms with Crippen molar-refractivity contribution in [3.63, 3.8) is 0 Å². The van der Waals surface area contributed by atoms with Crippen molar-refractivity contribution in [1.29, 1.82) is 0 Å². The number of imidazole rings is 1. The first-order valence-electron chi connectivity index (χ1n) is 5.63. The fourth-order valence-electron chi connectivity index (χ4n) is 2.08. The van der Waals surface area contributed by atoms with Crippen LogP contribution in [0.1, 0.15) is 32.5 Å². The van der Waals surface area contributed by atoms with Gasteiger partial charge in [0.15, 0.2) is 0 Å². The van der Waals surface area contributed by atoms with E-state index in [1.807, 2.05) is 45.0 Å². The number of aromatic nitrogens is 2. The van der Waals surface area contributed by atoms with E-state index in [4.69, 9.17) is 5.73 Å². The van der Waals surface area contributed by atoms with E-state index < -0.39 is 5.92 Å². The van der Waals surface area contributed by atoms with Crippen LogP contribution in [0.2, 0.25) is 0 Å². The maximum atomic E-state index is 11.6. The van der Waals surface area contributed by atoms with E-state index in [1.54, 1.807) is 0 Å². The Labute approximate surface area is 100 Å². The van der Waals surface area contributed by atoms with Crippen molar-refractivity contribution in [1.82, 2.24) is 9.97 Å². The number of primary amides is 1. The summed E-state index contributed by atoms with van der Waals surface area (Å²) in [5.41, 5.74) is 7.02. The van der Waals surface area contributed by atoms with Gasteiger partial charge in [-0.15, -0.1) is 0 Å². The number of nitrogens with zero attached hydrogens (tertiary/aromatic N) is 1. The molecule has 3 N–H and O–H groups in total. The second-order valence-corrected chi connectivity index (χ2v) is 5.34. The predicted molar refractivity (Wildman–Crippen MR) is 67.5 cm³/mol. The van der Waals surface area contributed by atoms with Crippen molar-refractivity contribution in [2.24, 2.45) is 11.1 Å². The minimum Gasteiger partial charge on any atom is -0.369 e. The number of carbonyl (C=O) groups is 1. The van der Waals surface area contributed by atoms with E-state index in [0.717, 1.165) is 11.0 Å². The van der Waals surface area contributed by atoms with Crippen molar-refractivity contribution < 1.29 is 4.79 Å². The zero-order chi connectivity index (χ0) is 12.6. The number of hydrogen-bond acceptors (Lipinski definition) is 2. The summed E-state index contributed by atoms with van der Waals surface area (Å²) in [6.07, 6.45) is 0. The highest BCUT2D eigenvalue weighted by atomic mass is 16.1. The van der Waals surface area contributed by atoms with Gasteiger partial charge < -0.3 is 10.7 Å². The lowest BCUT2D eigenvalue weighted by atomic mass is 9.80. The minimum atomic E-state index is -0.408. The van der Waals surface area contributed by atoms with E-state index in [1.165, 1.54) is 0 Å². The molecule has 0 aliphatic carbocycles. The third-order valence-corrected chi connectivity index (χ3v) is 2.83. The zero-order valence-corrected chi connectivity index (χ0v) is 10.3. The number of fused-ring (bicyclic) bond motifs is 1. The lowest BCUT2D eigenvalue weighted by molar-refractivity contribution is -0.121. The summed E-state index contributed by atoms with van der Waals surface area (Å²) in [5.74, 6) is -0.113. The van der Waals surface area contributed by atoms with Gasteiger partial charge in [-0.1, -0.05) is 32.9 Å². The summed E-state index contributed by atoms with van der Waals surface area (Å²) in [4.78, 5) is 19.2. The molecule has 0 saturated carbocycles. The van der Waals surface area contributed by atoms with Gasteiger partial charge >= 0.3 is 0 Å². The number of aromatic amines is 1. The average Bonchev–Trinajstić information content (AvgIpc) is 2.56. The molecule has 2 rings (SSSR count). The smallest absolute Gasteiger partial charge is 0.228 e. The molecule has 17 heavy (non-hydrogen) atoms. The van der Waals surface area contributed by atoms with Crippen LogP contribution in [0.5, 0.6) is 0 Å². The van der Waals surface area contributed by atoms with Gasteiger partial charge in [0.2, 0.25) is 5.91 Å². The molecule has 1 atom stereocenters. The number of H-pyrrole nitrogens is 1. The number of carbonyl (C=O) groups excluding carboxylic acids is 1. The Hall–Kier alpha value is -1.84. The number of rotatable bonds is 2. The fourth-order valence-corrected chi connectivity index (χ4v) is 2.08. The van der Waals surface area contributed by atoms with E-state index in [-0.39, 0.29) is 11.3 Å². The molecule has 0 spiro atoms. The number of amides is 1. The number of hydrogen-bond donors (Lipinski definition) is 2. The molecule has 1 heterocycles. The number of para-hydroxylation sites is 2. The van der Waals surface area contributed by atoms with Gasteiger partial charge in [0, 0.05) is 0 Å². The van der Waals surface area contributed by atoms with Crippen LogP contribution >= 0.6 is 0 Å². The summed E-state index contributed by atoms with van der Waals surface area (Å²) >= 11 is 0. The van der Waals surface area contributed by atoms with Crippen molar-refractivity contribution in [3.8, 4) is 0 Å². The first-order chi connectivity index (χ1) is 7.89. The monoisotopic (exact) mass is 231 g/mol. The van der Waals surface area contributed by atoms with Crippen LogP contribution in [0.4, 0.5) is 0 Å². The molecule has 1 unspecified atom stereocenters. The van der Waals surface area contributed by atoms with Crippen molar-refractivity contribution in [3.05, 3.63) is 30.1 Å². The molecular formula is C13H17N3O. The molecule has 0 aliphatic heterocycles. The van der Waals surface area contributed by atoms with E-state index in [9.17, 15) is 4.79 Å². The van der Waals surface area contributed by atoms with Gasteiger partial charge in [-0.3, -0.25) is 4.79 Å². The first kappa shape index (κ1) is 11.6. The van der Waals surface area contributed by atoms with Gasteiger partial charge in [0.1, 0.15) is 11.7 Å². The second kappa shape index (κ2) is 3.87. The number of nitrogens with one attached hydrogen (secondary N) is 1. The van der Waals surface area contributed by atoms with Crippen LogP contribution in [-0.2, 0) is 4.79 Å². The molecule has 90 valence electrons. The van der Waals surface area contributed by atoms with Crippen molar-refractivity contribution in [2.75, 3.05) is 0 Å². The summed E-state index contributed by atoms with van der Waals surface area (Å²) in [6.45, 7) is 5.95. The highest BCUT2D eigenvalue weighted by Gasteiger charge is 2.33. The topological polar surface area (TPSA) is 71.8 Å². The van der Waals surface area contributed by atoms with Crippen molar-refractivity contribution >= 4 is 16.9 Å². The Balaban J connectivity index is 2.53. The molecule has 4 nitrogen and oxygen atoms in total.